The summed E-state index contributed by atoms with van der Waals surface area (Å²) in [7, 11) is 0. The van der Waals surface area contributed by atoms with Crippen LogP contribution in [0.3, 0.4) is 0 Å². The maximum atomic E-state index is 13.2. The minimum atomic E-state index is -0.348. The number of anilines is 1. The maximum Gasteiger partial charge on any atom is 0.260 e. The molecule has 0 saturated carbocycles. The van der Waals surface area contributed by atoms with Gasteiger partial charge in [-0.05, 0) is 52.3 Å². The Hall–Kier alpha value is -2.12. The predicted octanol–water partition coefficient (Wildman–Crippen LogP) is 4.29. The molecule has 7 heteroatoms. The van der Waals surface area contributed by atoms with Crippen molar-refractivity contribution in [1.82, 2.24) is 9.97 Å². The molecule has 0 saturated heterocycles. The Morgan fingerprint density at radius 1 is 1.26 bits per heavy atom. The summed E-state index contributed by atoms with van der Waals surface area (Å²) >= 11 is 4.76. The summed E-state index contributed by atoms with van der Waals surface area (Å²) in [5.74, 6) is -0.562. The lowest BCUT2D eigenvalue weighted by Crippen LogP contribution is -2.30. The minimum absolute atomic E-state index is 0.214. The van der Waals surface area contributed by atoms with Crippen LogP contribution in [0.4, 0.5) is 10.1 Å². The zero-order valence-corrected chi connectivity index (χ0v) is 14.2. The molecule has 1 amide bonds. The van der Waals surface area contributed by atoms with Gasteiger partial charge in [0.05, 0.1) is 17.8 Å². The molecule has 3 aromatic rings. The highest BCUT2D eigenvalue weighted by Gasteiger charge is 2.19. The van der Waals surface area contributed by atoms with Crippen LogP contribution in [0.25, 0.3) is 0 Å². The minimum Gasteiger partial charge on any atom is -0.302 e. The maximum absolute atomic E-state index is 13.2. The highest BCUT2D eigenvalue weighted by molar-refractivity contribution is 9.11. The monoisotopic (exact) mass is 391 g/mol. The predicted molar refractivity (Wildman–Crippen MR) is 91.0 cm³/mol. The number of hydrogen-bond donors (Lipinski definition) is 0. The van der Waals surface area contributed by atoms with E-state index in [1.54, 1.807) is 35.4 Å². The first-order chi connectivity index (χ1) is 11.1. The van der Waals surface area contributed by atoms with Gasteiger partial charge in [0.15, 0.2) is 3.92 Å². The van der Waals surface area contributed by atoms with E-state index in [0.29, 0.717) is 17.8 Å². The van der Waals surface area contributed by atoms with Gasteiger partial charge in [-0.15, -0.1) is 11.3 Å². The van der Waals surface area contributed by atoms with Crippen molar-refractivity contribution >= 4 is 38.9 Å². The molecule has 0 bridgehead atoms. The van der Waals surface area contributed by atoms with Crippen LogP contribution in [-0.4, -0.2) is 15.9 Å². The van der Waals surface area contributed by atoms with Gasteiger partial charge in [-0.2, -0.15) is 0 Å². The molecule has 0 radical (unpaired) electrons. The first-order valence-corrected chi connectivity index (χ1v) is 8.38. The second kappa shape index (κ2) is 6.97. The summed E-state index contributed by atoms with van der Waals surface area (Å²) in [5.41, 5.74) is 1.82. The molecule has 0 atom stereocenters. The largest absolute Gasteiger partial charge is 0.302 e. The molecule has 4 nitrogen and oxygen atoms in total. The number of rotatable bonds is 4. The van der Waals surface area contributed by atoms with E-state index < -0.39 is 0 Å². The quantitative estimate of drug-likeness (QED) is 0.666. The van der Waals surface area contributed by atoms with Crippen molar-refractivity contribution in [3.63, 3.8) is 0 Å². The molecule has 2 aromatic heterocycles. The number of halogens is 2. The average Bonchev–Trinajstić information content (AvgIpc) is 2.99. The van der Waals surface area contributed by atoms with Gasteiger partial charge >= 0.3 is 0 Å². The van der Waals surface area contributed by atoms with E-state index in [4.69, 9.17) is 0 Å². The van der Waals surface area contributed by atoms with E-state index in [1.165, 1.54) is 29.7 Å². The number of pyridine rings is 1. The van der Waals surface area contributed by atoms with E-state index in [1.807, 2.05) is 5.38 Å². The van der Waals surface area contributed by atoms with E-state index in [2.05, 4.69) is 25.9 Å². The van der Waals surface area contributed by atoms with Gasteiger partial charge in [0, 0.05) is 23.5 Å². The third kappa shape index (κ3) is 3.80. The van der Waals surface area contributed by atoms with Crippen molar-refractivity contribution in [3.8, 4) is 0 Å². The fraction of sp³-hybridized carbons (Fsp3) is 0.0625. The zero-order valence-electron chi connectivity index (χ0n) is 11.8. The molecule has 0 aliphatic carbocycles. The van der Waals surface area contributed by atoms with Crippen molar-refractivity contribution in [2.45, 2.75) is 6.54 Å². The van der Waals surface area contributed by atoms with Crippen molar-refractivity contribution < 1.29 is 9.18 Å². The number of carbonyl (C=O) groups excluding carboxylic acids is 1. The van der Waals surface area contributed by atoms with Crippen LogP contribution in [0, 0.1) is 5.82 Å². The van der Waals surface area contributed by atoms with Crippen LogP contribution < -0.4 is 4.90 Å². The van der Waals surface area contributed by atoms with Crippen molar-refractivity contribution in [2.75, 3.05) is 4.90 Å². The normalized spacial score (nSPS) is 10.5. The molecule has 23 heavy (non-hydrogen) atoms. The van der Waals surface area contributed by atoms with E-state index in [9.17, 15) is 9.18 Å². The van der Waals surface area contributed by atoms with Crippen LogP contribution in [0.1, 0.15) is 16.1 Å². The van der Waals surface area contributed by atoms with Crippen LogP contribution in [0.5, 0.6) is 0 Å². The molecule has 2 heterocycles. The summed E-state index contributed by atoms with van der Waals surface area (Å²) in [5, 5.41) is 1.87. The zero-order chi connectivity index (χ0) is 16.2. The van der Waals surface area contributed by atoms with Crippen LogP contribution in [0.2, 0.25) is 0 Å². The van der Waals surface area contributed by atoms with E-state index >= 15 is 0 Å². The van der Waals surface area contributed by atoms with Crippen LogP contribution in [-0.2, 0) is 6.54 Å². The van der Waals surface area contributed by atoms with Gasteiger partial charge in [-0.1, -0.05) is 0 Å². The number of aromatic nitrogens is 2. The average molecular weight is 392 g/mol. The molecule has 0 unspecified atom stereocenters. The summed E-state index contributed by atoms with van der Waals surface area (Å²) in [6.07, 6.45) is 3.12. The Labute approximate surface area is 144 Å². The second-order valence-corrected chi connectivity index (χ2v) is 6.84. The van der Waals surface area contributed by atoms with Gasteiger partial charge in [-0.3, -0.25) is 9.78 Å². The first kappa shape index (κ1) is 15.8. The standard InChI is InChI=1S/C16H11BrFN3OS/c17-16-20-13(10-23-16)9-21(14-5-3-12(18)4-6-14)15(22)11-2-1-7-19-8-11/h1-8,10H,9H2. The van der Waals surface area contributed by atoms with Gasteiger partial charge in [0.1, 0.15) is 5.82 Å². The highest BCUT2D eigenvalue weighted by atomic mass is 79.9. The number of thiazole rings is 1. The fourth-order valence-electron chi connectivity index (χ4n) is 2.06. The summed E-state index contributed by atoms with van der Waals surface area (Å²) < 4.78 is 13.9. The Morgan fingerprint density at radius 2 is 2.04 bits per heavy atom. The van der Waals surface area contributed by atoms with Gasteiger partial charge in [0.25, 0.3) is 5.91 Å². The number of carbonyl (C=O) groups is 1. The molecule has 0 aliphatic rings. The number of amides is 1. The van der Waals surface area contributed by atoms with Crippen molar-refractivity contribution in [2.24, 2.45) is 0 Å². The number of nitrogens with zero attached hydrogens (tertiary/aromatic N) is 3. The summed E-state index contributed by atoms with van der Waals surface area (Å²) in [4.78, 5) is 22.7. The molecule has 116 valence electrons. The highest BCUT2D eigenvalue weighted by Crippen LogP contribution is 2.23. The first-order valence-electron chi connectivity index (χ1n) is 6.71. The molecule has 1 aromatic carbocycles. The number of hydrogen-bond acceptors (Lipinski definition) is 4. The summed E-state index contributed by atoms with van der Waals surface area (Å²) in [6, 6.07) is 9.21. The smallest absolute Gasteiger partial charge is 0.260 e. The van der Waals surface area contributed by atoms with Crippen molar-refractivity contribution in [3.05, 3.63) is 75.2 Å². The lowest BCUT2D eigenvalue weighted by molar-refractivity contribution is 0.0984. The van der Waals surface area contributed by atoms with Gasteiger partial charge < -0.3 is 4.90 Å². The summed E-state index contributed by atoms with van der Waals surface area (Å²) in [6.45, 7) is 0.293. The van der Waals surface area contributed by atoms with E-state index in [0.717, 1.165) is 9.61 Å². The Kier molecular flexibility index (Phi) is 4.78. The molecule has 0 fully saturated rings. The molecular formula is C16H11BrFN3OS. The molecule has 0 spiro atoms. The Balaban J connectivity index is 1.95. The lowest BCUT2D eigenvalue weighted by Gasteiger charge is -2.22. The molecular weight excluding hydrogens is 381 g/mol. The van der Waals surface area contributed by atoms with E-state index in [-0.39, 0.29) is 11.7 Å². The SMILES string of the molecule is O=C(c1cccnc1)N(Cc1csc(Br)n1)c1ccc(F)cc1. The topological polar surface area (TPSA) is 46.1 Å². The Morgan fingerprint density at radius 3 is 2.65 bits per heavy atom. The molecule has 3 rings (SSSR count). The third-order valence-electron chi connectivity index (χ3n) is 3.14. The van der Waals surface area contributed by atoms with Gasteiger partial charge in [-0.25, -0.2) is 9.37 Å². The van der Waals surface area contributed by atoms with Crippen LogP contribution >= 0.6 is 27.3 Å². The van der Waals surface area contributed by atoms with Crippen molar-refractivity contribution in [1.29, 1.82) is 0 Å². The number of benzene rings is 1. The lowest BCUT2D eigenvalue weighted by atomic mass is 10.2. The Bertz CT molecular complexity index is 808. The van der Waals surface area contributed by atoms with Gasteiger partial charge in [0.2, 0.25) is 0 Å². The fourth-order valence-corrected chi connectivity index (χ4v) is 3.10. The van der Waals surface area contributed by atoms with Crippen LogP contribution in [0.15, 0.2) is 58.1 Å². The second-order valence-electron chi connectivity index (χ2n) is 4.70. The molecule has 0 N–H and O–H groups in total. The third-order valence-corrected chi connectivity index (χ3v) is 4.55. The molecule has 0 aliphatic heterocycles.